The van der Waals surface area contributed by atoms with Crippen LogP contribution in [0.5, 0.6) is 0 Å². The van der Waals surface area contributed by atoms with Crippen molar-refractivity contribution in [3.63, 3.8) is 0 Å². The van der Waals surface area contributed by atoms with E-state index in [2.05, 4.69) is 17.3 Å². The largest absolute Gasteiger partial charge is 0.382 e. The van der Waals surface area contributed by atoms with Crippen LogP contribution in [0.1, 0.15) is 6.42 Å². The molecule has 5 nitrogen and oxygen atoms in total. The van der Waals surface area contributed by atoms with Crippen LogP contribution in [0.15, 0.2) is 0 Å². The van der Waals surface area contributed by atoms with Crippen LogP contribution in [0.4, 0.5) is 0 Å². The Labute approximate surface area is 92.9 Å². The molecular formula is C10H25N3O2. The van der Waals surface area contributed by atoms with Crippen molar-refractivity contribution in [2.75, 3.05) is 60.3 Å². The molecule has 0 aliphatic carbocycles. The smallest absolute Gasteiger partial charge is 0.0700 e. The van der Waals surface area contributed by atoms with Crippen LogP contribution in [0, 0.1) is 0 Å². The molecule has 0 unspecified atom stereocenters. The minimum atomic E-state index is 0.663. The molecule has 0 aromatic heterocycles. The van der Waals surface area contributed by atoms with Crippen molar-refractivity contribution in [2.24, 2.45) is 5.73 Å². The molecule has 0 amide bonds. The molecule has 0 saturated heterocycles. The van der Waals surface area contributed by atoms with Crippen molar-refractivity contribution in [3.8, 4) is 0 Å². The maximum atomic E-state index is 5.42. The van der Waals surface area contributed by atoms with Gasteiger partial charge in [0.05, 0.1) is 19.8 Å². The van der Waals surface area contributed by atoms with Crippen LogP contribution in [0.3, 0.4) is 0 Å². The van der Waals surface area contributed by atoms with Gasteiger partial charge in [0.15, 0.2) is 0 Å². The summed E-state index contributed by atoms with van der Waals surface area (Å²) in [6, 6.07) is 0. The molecule has 0 aromatic carbocycles. The molecule has 92 valence electrons. The van der Waals surface area contributed by atoms with Gasteiger partial charge in [0.2, 0.25) is 0 Å². The van der Waals surface area contributed by atoms with E-state index in [-0.39, 0.29) is 0 Å². The van der Waals surface area contributed by atoms with E-state index in [9.17, 15) is 0 Å². The lowest BCUT2D eigenvalue weighted by Gasteiger charge is -2.16. The maximum Gasteiger partial charge on any atom is 0.0700 e. The van der Waals surface area contributed by atoms with Gasteiger partial charge in [-0.1, -0.05) is 0 Å². The molecule has 0 radical (unpaired) electrons. The van der Waals surface area contributed by atoms with E-state index < -0.39 is 0 Å². The van der Waals surface area contributed by atoms with E-state index >= 15 is 0 Å². The second-order valence-electron chi connectivity index (χ2n) is 3.49. The first-order valence-electron chi connectivity index (χ1n) is 5.47. The maximum absolute atomic E-state index is 5.42. The van der Waals surface area contributed by atoms with Crippen molar-refractivity contribution in [1.29, 1.82) is 0 Å². The van der Waals surface area contributed by atoms with Crippen LogP contribution in [-0.4, -0.2) is 65.2 Å². The Kier molecular flexibility index (Phi) is 11.7. The summed E-state index contributed by atoms with van der Waals surface area (Å²) in [4.78, 5) is 2.21. The summed E-state index contributed by atoms with van der Waals surface area (Å²) >= 11 is 0. The molecule has 15 heavy (non-hydrogen) atoms. The lowest BCUT2D eigenvalue weighted by atomic mass is 10.4. The zero-order valence-corrected chi connectivity index (χ0v) is 10.00. The summed E-state index contributed by atoms with van der Waals surface area (Å²) in [5.41, 5.74) is 5.42. The van der Waals surface area contributed by atoms with Gasteiger partial charge in [0, 0.05) is 26.9 Å². The molecule has 0 heterocycles. The molecular weight excluding hydrogens is 194 g/mol. The minimum Gasteiger partial charge on any atom is -0.382 e. The first kappa shape index (κ1) is 14.8. The quantitative estimate of drug-likeness (QED) is 0.362. The number of hydrogen-bond acceptors (Lipinski definition) is 5. The van der Waals surface area contributed by atoms with E-state index in [1.54, 1.807) is 7.11 Å². The fourth-order valence-electron chi connectivity index (χ4n) is 1.10. The summed E-state index contributed by atoms with van der Waals surface area (Å²) in [5.74, 6) is 0. The third-order valence-electron chi connectivity index (χ3n) is 1.98. The molecule has 0 rings (SSSR count). The first-order chi connectivity index (χ1) is 7.31. The van der Waals surface area contributed by atoms with Gasteiger partial charge in [-0.15, -0.1) is 0 Å². The summed E-state index contributed by atoms with van der Waals surface area (Å²) in [5, 5.41) is 3.29. The highest BCUT2D eigenvalue weighted by molar-refractivity contribution is 4.51. The first-order valence-corrected chi connectivity index (χ1v) is 5.47. The van der Waals surface area contributed by atoms with E-state index in [0.717, 1.165) is 39.3 Å². The Balaban J connectivity index is 3.02. The van der Waals surface area contributed by atoms with Gasteiger partial charge in [-0.25, -0.2) is 0 Å². The van der Waals surface area contributed by atoms with Crippen LogP contribution in [0.2, 0.25) is 0 Å². The zero-order chi connectivity index (χ0) is 11.4. The normalized spacial score (nSPS) is 11.2. The molecule has 3 N–H and O–H groups in total. The predicted octanol–water partition coefficient (Wildman–Crippen LogP) is -0.523. The van der Waals surface area contributed by atoms with Gasteiger partial charge in [-0.2, -0.15) is 0 Å². The van der Waals surface area contributed by atoms with E-state index in [1.165, 1.54) is 0 Å². The van der Waals surface area contributed by atoms with Gasteiger partial charge >= 0.3 is 0 Å². The number of rotatable bonds is 11. The van der Waals surface area contributed by atoms with Gasteiger partial charge in [0.1, 0.15) is 0 Å². The van der Waals surface area contributed by atoms with Crippen molar-refractivity contribution in [1.82, 2.24) is 10.2 Å². The topological polar surface area (TPSA) is 59.8 Å². The van der Waals surface area contributed by atoms with Crippen LogP contribution >= 0.6 is 0 Å². The molecule has 5 heteroatoms. The lowest BCUT2D eigenvalue weighted by Crippen LogP contribution is -2.34. The number of nitrogens with one attached hydrogen (secondary N) is 1. The third-order valence-corrected chi connectivity index (χ3v) is 1.98. The van der Waals surface area contributed by atoms with E-state index in [0.29, 0.717) is 13.2 Å². The van der Waals surface area contributed by atoms with Crippen LogP contribution in [-0.2, 0) is 9.47 Å². The number of nitrogens with zero attached hydrogens (tertiary/aromatic N) is 1. The average Bonchev–Trinajstić information content (AvgIpc) is 2.25. The molecule has 0 saturated carbocycles. The molecule has 0 bridgehead atoms. The Hall–Kier alpha value is -0.200. The Morgan fingerprint density at radius 1 is 1.27 bits per heavy atom. The van der Waals surface area contributed by atoms with Crippen LogP contribution < -0.4 is 11.1 Å². The fourth-order valence-corrected chi connectivity index (χ4v) is 1.10. The summed E-state index contributed by atoms with van der Waals surface area (Å²) < 4.78 is 10.2. The number of ether oxygens (including phenoxy) is 2. The Morgan fingerprint density at radius 2 is 2.07 bits per heavy atom. The molecule has 0 fully saturated rings. The van der Waals surface area contributed by atoms with Crippen molar-refractivity contribution < 1.29 is 9.47 Å². The highest BCUT2D eigenvalue weighted by Gasteiger charge is 1.95. The highest BCUT2D eigenvalue weighted by Crippen LogP contribution is 1.82. The van der Waals surface area contributed by atoms with E-state index in [4.69, 9.17) is 15.2 Å². The summed E-state index contributed by atoms with van der Waals surface area (Å²) in [6.07, 6.45) is 1.04. The summed E-state index contributed by atoms with van der Waals surface area (Å²) in [6.45, 7) is 5.61. The van der Waals surface area contributed by atoms with Gasteiger partial charge in [-0.3, -0.25) is 4.90 Å². The molecule has 0 spiro atoms. The average molecular weight is 219 g/mol. The standard InChI is InChI=1S/C10H25N3O2/c1-13(6-3-4-11)10-12-5-7-15-9-8-14-2/h12H,3-11H2,1-2H3. The Morgan fingerprint density at radius 3 is 2.73 bits per heavy atom. The number of methoxy groups -OCH3 is 1. The zero-order valence-electron chi connectivity index (χ0n) is 10.00. The molecule has 0 atom stereocenters. The SMILES string of the molecule is COCCOCCNCN(C)CCCN. The van der Waals surface area contributed by atoms with E-state index in [1.807, 2.05) is 0 Å². The second kappa shape index (κ2) is 11.9. The fraction of sp³-hybridized carbons (Fsp3) is 1.00. The van der Waals surface area contributed by atoms with Gasteiger partial charge < -0.3 is 20.5 Å². The molecule has 0 aliphatic rings. The van der Waals surface area contributed by atoms with Crippen molar-refractivity contribution in [2.45, 2.75) is 6.42 Å². The second-order valence-corrected chi connectivity index (χ2v) is 3.49. The van der Waals surface area contributed by atoms with Crippen LogP contribution in [0.25, 0.3) is 0 Å². The lowest BCUT2D eigenvalue weighted by molar-refractivity contribution is 0.0707. The highest BCUT2D eigenvalue weighted by atomic mass is 16.5. The third kappa shape index (κ3) is 11.7. The minimum absolute atomic E-state index is 0.663. The molecule has 0 aromatic rings. The van der Waals surface area contributed by atoms with Gasteiger partial charge in [0.25, 0.3) is 0 Å². The number of hydrogen-bond donors (Lipinski definition) is 2. The number of nitrogens with two attached hydrogens (primary N) is 1. The van der Waals surface area contributed by atoms with Crippen molar-refractivity contribution >= 4 is 0 Å². The predicted molar refractivity (Wildman–Crippen MR) is 61.9 cm³/mol. The van der Waals surface area contributed by atoms with Gasteiger partial charge in [-0.05, 0) is 20.0 Å². The summed E-state index contributed by atoms with van der Waals surface area (Å²) in [7, 11) is 3.75. The monoisotopic (exact) mass is 219 g/mol. The Bertz CT molecular complexity index is 125. The van der Waals surface area contributed by atoms with Crippen molar-refractivity contribution in [3.05, 3.63) is 0 Å². The molecule has 0 aliphatic heterocycles.